The molecule has 0 spiro atoms. The van der Waals surface area contributed by atoms with Gasteiger partial charge in [0.15, 0.2) is 4.34 Å². The summed E-state index contributed by atoms with van der Waals surface area (Å²) >= 11 is 4.04. The van der Waals surface area contributed by atoms with Crippen LogP contribution in [0, 0.1) is 13.8 Å². The molecule has 4 N–H and O–H groups in total. The second-order valence-corrected chi connectivity index (χ2v) is 8.71. The molecule has 0 aliphatic heterocycles. The van der Waals surface area contributed by atoms with Gasteiger partial charge in [0, 0.05) is 17.8 Å². The molecule has 0 aromatic carbocycles. The molecule has 1 amide bonds. The number of nitrogens with two attached hydrogens (primary N) is 1. The first-order valence-electron chi connectivity index (χ1n) is 7.41. The number of hydrogen-bond donors (Lipinski definition) is 3. The zero-order valence-electron chi connectivity index (χ0n) is 13.6. The molecule has 3 aromatic heterocycles. The summed E-state index contributed by atoms with van der Waals surface area (Å²) in [5, 5.41) is 11.4. The Labute approximate surface area is 155 Å². The normalized spacial score (nSPS) is 11.1. The van der Waals surface area contributed by atoms with Crippen LogP contribution in [0.5, 0.6) is 0 Å². The Morgan fingerprint density at radius 2 is 2.12 bits per heavy atom. The number of carbonyl (C=O) groups is 1. The molecule has 0 fully saturated rings. The first-order valence-corrected chi connectivity index (χ1v) is 10.0. The van der Waals surface area contributed by atoms with Crippen molar-refractivity contribution < 1.29 is 4.79 Å². The highest BCUT2D eigenvalue weighted by Gasteiger charge is 2.12. The molecule has 3 heterocycles. The van der Waals surface area contributed by atoms with Gasteiger partial charge in [-0.05, 0) is 19.4 Å². The van der Waals surface area contributed by atoms with Crippen LogP contribution < -0.4 is 16.6 Å². The number of fused-ring (bicyclic) bond motifs is 1. The molecule has 0 bridgehead atoms. The Morgan fingerprint density at radius 1 is 1.32 bits per heavy atom. The predicted molar refractivity (Wildman–Crippen MR) is 101 cm³/mol. The summed E-state index contributed by atoms with van der Waals surface area (Å²) < 4.78 is 0.660. The van der Waals surface area contributed by atoms with Crippen LogP contribution in [0.4, 0.5) is 5.13 Å². The molecule has 0 unspecified atom stereocenters. The van der Waals surface area contributed by atoms with Gasteiger partial charge in [-0.1, -0.05) is 23.1 Å². The van der Waals surface area contributed by atoms with Gasteiger partial charge in [0.1, 0.15) is 10.7 Å². The number of nitrogens with one attached hydrogen (secondary N) is 2. The van der Waals surface area contributed by atoms with E-state index in [-0.39, 0.29) is 17.2 Å². The molecule has 3 rings (SSSR count). The van der Waals surface area contributed by atoms with Crippen molar-refractivity contribution in [3.05, 3.63) is 26.6 Å². The van der Waals surface area contributed by atoms with Crippen molar-refractivity contribution in [3.63, 3.8) is 0 Å². The number of aromatic nitrogens is 4. The lowest BCUT2D eigenvalue weighted by Gasteiger charge is -2.04. The Balaban J connectivity index is 1.54. The number of anilines is 1. The maximum absolute atomic E-state index is 12.2. The Morgan fingerprint density at radius 3 is 2.84 bits per heavy atom. The molecular formula is C14H16N6O2S3. The van der Waals surface area contributed by atoms with E-state index in [1.807, 2.05) is 13.8 Å². The second-order valence-electron chi connectivity index (χ2n) is 5.27. The van der Waals surface area contributed by atoms with Crippen molar-refractivity contribution in [2.24, 2.45) is 0 Å². The number of nitrogen functional groups attached to an aromatic ring is 1. The molecule has 0 radical (unpaired) electrons. The van der Waals surface area contributed by atoms with E-state index in [0.29, 0.717) is 33.6 Å². The van der Waals surface area contributed by atoms with E-state index in [9.17, 15) is 9.59 Å². The van der Waals surface area contributed by atoms with Crippen LogP contribution in [0.25, 0.3) is 10.2 Å². The number of H-pyrrole nitrogens is 1. The van der Waals surface area contributed by atoms with Crippen LogP contribution >= 0.6 is 34.4 Å². The Bertz CT molecular complexity index is 977. The average molecular weight is 397 g/mol. The lowest BCUT2D eigenvalue weighted by atomic mass is 10.2. The van der Waals surface area contributed by atoms with Crippen LogP contribution in [-0.2, 0) is 11.2 Å². The van der Waals surface area contributed by atoms with Gasteiger partial charge in [-0.25, -0.2) is 4.98 Å². The number of nitrogens with zero attached hydrogens (tertiary/aromatic N) is 3. The van der Waals surface area contributed by atoms with Gasteiger partial charge >= 0.3 is 0 Å². The maximum Gasteiger partial charge on any atom is 0.259 e. The van der Waals surface area contributed by atoms with Gasteiger partial charge in [0.25, 0.3) is 5.56 Å². The fourth-order valence-electron chi connectivity index (χ4n) is 2.19. The first-order chi connectivity index (χ1) is 11.9. The van der Waals surface area contributed by atoms with E-state index in [1.54, 1.807) is 0 Å². The highest BCUT2D eigenvalue weighted by atomic mass is 32.2. The first kappa shape index (κ1) is 17.8. The third-order valence-electron chi connectivity index (χ3n) is 3.52. The number of carbonyl (C=O) groups excluding carboxylic acids is 1. The van der Waals surface area contributed by atoms with Gasteiger partial charge in [0.2, 0.25) is 11.0 Å². The quantitative estimate of drug-likeness (QED) is 0.539. The number of amides is 1. The molecule has 0 saturated carbocycles. The van der Waals surface area contributed by atoms with E-state index in [2.05, 4.69) is 25.5 Å². The standard InChI is InChI=1S/C14H16N6O2S3/c1-6-7(2)24-12-10(6)11(22)17-8(18-12)3-4-16-9(21)5-23-14-20-19-13(15)25-14/h3-5H2,1-2H3,(H2,15,19)(H,16,21)(H,17,18,22). The van der Waals surface area contributed by atoms with Gasteiger partial charge < -0.3 is 16.0 Å². The van der Waals surface area contributed by atoms with E-state index >= 15 is 0 Å². The molecule has 0 atom stereocenters. The van der Waals surface area contributed by atoms with Crippen LogP contribution in [0.1, 0.15) is 16.3 Å². The molecule has 0 saturated heterocycles. The number of hydrogen-bond acceptors (Lipinski definition) is 9. The summed E-state index contributed by atoms with van der Waals surface area (Å²) in [6.45, 7) is 4.30. The molecule has 8 nitrogen and oxygen atoms in total. The molecule has 132 valence electrons. The van der Waals surface area contributed by atoms with Gasteiger partial charge in [0.05, 0.1) is 11.1 Å². The summed E-state index contributed by atoms with van der Waals surface area (Å²) in [7, 11) is 0. The summed E-state index contributed by atoms with van der Waals surface area (Å²) in [5.41, 5.74) is 6.34. The van der Waals surface area contributed by atoms with Gasteiger partial charge in [-0.2, -0.15) is 0 Å². The Hall–Kier alpha value is -1.98. The second kappa shape index (κ2) is 7.50. The minimum atomic E-state index is -0.127. The third-order valence-corrected chi connectivity index (χ3v) is 6.51. The zero-order valence-corrected chi connectivity index (χ0v) is 16.0. The number of thioether (sulfide) groups is 1. The number of thiophene rings is 1. The minimum absolute atomic E-state index is 0.120. The van der Waals surface area contributed by atoms with E-state index in [4.69, 9.17) is 5.73 Å². The summed E-state index contributed by atoms with van der Waals surface area (Å²) in [5.74, 6) is 0.689. The topological polar surface area (TPSA) is 127 Å². The summed E-state index contributed by atoms with van der Waals surface area (Å²) in [6, 6.07) is 0. The monoisotopic (exact) mass is 396 g/mol. The smallest absolute Gasteiger partial charge is 0.259 e. The predicted octanol–water partition coefficient (Wildman–Crippen LogP) is 1.49. The average Bonchev–Trinajstić information content (AvgIpc) is 3.09. The van der Waals surface area contributed by atoms with Crippen molar-refractivity contribution in [2.45, 2.75) is 24.6 Å². The van der Waals surface area contributed by atoms with Crippen molar-refractivity contribution >= 4 is 55.7 Å². The lowest BCUT2D eigenvalue weighted by molar-refractivity contribution is -0.118. The number of aryl methyl sites for hydroxylation is 2. The Kier molecular flexibility index (Phi) is 5.35. The fraction of sp³-hybridized carbons (Fsp3) is 0.357. The zero-order chi connectivity index (χ0) is 18.0. The lowest BCUT2D eigenvalue weighted by Crippen LogP contribution is -2.28. The number of aromatic amines is 1. The van der Waals surface area contributed by atoms with Crippen molar-refractivity contribution in [3.8, 4) is 0 Å². The molecular weight excluding hydrogens is 380 g/mol. The molecule has 0 aliphatic carbocycles. The van der Waals surface area contributed by atoms with Crippen molar-refractivity contribution in [1.29, 1.82) is 0 Å². The van der Waals surface area contributed by atoms with Crippen molar-refractivity contribution in [1.82, 2.24) is 25.5 Å². The van der Waals surface area contributed by atoms with Crippen LogP contribution in [-0.4, -0.2) is 38.4 Å². The van der Waals surface area contributed by atoms with Crippen molar-refractivity contribution in [2.75, 3.05) is 18.0 Å². The van der Waals surface area contributed by atoms with Gasteiger partial charge in [-0.15, -0.1) is 21.5 Å². The third kappa shape index (κ3) is 4.17. The van der Waals surface area contributed by atoms with E-state index in [0.717, 1.165) is 15.3 Å². The highest BCUT2D eigenvalue weighted by molar-refractivity contribution is 8.01. The van der Waals surface area contributed by atoms with Gasteiger partial charge in [-0.3, -0.25) is 9.59 Å². The van der Waals surface area contributed by atoms with E-state index in [1.165, 1.54) is 34.4 Å². The minimum Gasteiger partial charge on any atom is -0.374 e. The van der Waals surface area contributed by atoms with Crippen LogP contribution in [0.3, 0.4) is 0 Å². The molecule has 11 heteroatoms. The fourth-order valence-corrected chi connectivity index (χ4v) is 4.71. The van der Waals surface area contributed by atoms with Crippen LogP contribution in [0.15, 0.2) is 9.13 Å². The summed E-state index contributed by atoms with van der Waals surface area (Å²) in [4.78, 5) is 33.1. The number of rotatable bonds is 6. The summed E-state index contributed by atoms with van der Waals surface area (Å²) in [6.07, 6.45) is 0.462. The molecule has 0 aliphatic rings. The largest absolute Gasteiger partial charge is 0.374 e. The SMILES string of the molecule is Cc1sc2nc(CCNC(=O)CSc3nnc(N)s3)[nH]c(=O)c2c1C. The molecule has 3 aromatic rings. The van der Waals surface area contributed by atoms with E-state index < -0.39 is 0 Å². The van der Waals surface area contributed by atoms with Crippen LogP contribution in [0.2, 0.25) is 0 Å². The molecule has 25 heavy (non-hydrogen) atoms. The highest BCUT2D eigenvalue weighted by Crippen LogP contribution is 2.25. The maximum atomic E-state index is 12.2.